The number of sulfonamides is 1. The summed E-state index contributed by atoms with van der Waals surface area (Å²) in [6.07, 6.45) is 0.654. The normalized spacial score (nSPS) is 13.4. The number of methoxy groups -OCH3 is 1. The van der Waals surface area contributed by atoms with Gasteiger partial charge in [0, 0.05) is 11.9 Å². The lowest BCUT2D eigenvalue weighted by Crippen LogP contribution is -2.29. The van der Waals surface area contributed by atoms with Gasteiger partial charge in [-0.1, -0.05) is 32.0 Å². The van der Waals surface area contributed by atoms with Gasteiger partial charge in [-0.05, 0) is 42.2 Å². The zero-order valence-corrected chi connectivity index (χ0v) is 19.1. The number of anilines is 2. The second kappa shape index (κ2) is 8.32. The molecule has 2 heterocycles. The number of nitrogens with one attached hydrogen (secondary N) is 1. The molecule has 7 nitrogen and oxygen atoms in total. The van der Waals surface area contributed by atoms with Crippen LogP contribution in [0.2, 0.25) is 0 Å². The molecule has 3 aromatic rings. The van der Waals surface area contributed by atoms with Crippen LogP contribution in [0.25, 0.3) is 0 Å². The SMILES string of the molecule is COc1ccc(S(=O)(=O)N2CCc3ccccc32)cc1C(=O)Nc1nc(C(C)C)cs1. The average molecular weight is 458 g/mol. The van der Waals surface area contributed by atoms with Gasteiger partial charge in [-0.15, -0.1) is 11.3 Å². The lowest BCUT2D eigenvalue weighted by Gasteiger charge is -2.20. The summed E-state index contributed by atoms with van der Waals surface area (Å²) in [5.74, 6) is 0.0625. The van der Waals surface area contributed by atoms with Crippen LogP contribution in [0.4, 0.5) is 10.8 Å². The summed E-state index contributed by atoms with van der Waals surface area (Å²) in [6, 6.07) is 11.8. The van der Waals surface area contributed by atoms with Gasteiger partial charge in [0.1, 0.15) is 5.75 Å². The Morgan fingerprint density at radius 3 is 2.71 bits per heavy atom. The van der Waals surface area contributed by atoms with Gasteiger partial charge in [-0.3, -0.25) is 14.4 Å². The van der Waals surface area contributed by atoms with Crippen molar-refractivity contribution < 1.29 is 17.9 Å². The van der Waals surface area contributed by atoms with E-state index in [1.54, 1.807) is 6.07 Å². The second-order valence-electron chi connectivity index (χ2n) is 7.50. The van der Waals surface area contributed by atoms with Gasteiger partial charge in [0.05, 0.1) is 29.0 Å². The van der Waals surface area contributed by atoms with Crippen LogP contribution in [0, 0.1) is 0 Å². The van der Waals surface area contributed by atoms with Crippen LogP contribution >= 0.6 is 11.3 Å². The molecule has 1 N–H and O–H groups in total. The van der Waals surface area contributed by atoms with Crippen molar-refractivity contribution in [2.45, 2.75) is 31.1 Å². The maximum atomic E-state index is 13.4. The van der Waals surface area contributed by atoms with Crippen LogP contribution < -0.4 is 14.4 Å². The van der Waals surface area contributed by atoms with E-state index in [0.29, 0.717) is 29.5 Å². The van der Waals surface area contributed by atoms with Crippen molar-refractivity contribution >= 4 is 38.1 Å². The van der Waals surface area contributed by atoms with E-state index in [2.05, 4.69) is 10.3 Å². The number of nitrogens with zero attached hydrogens (tertiary/aromatic N) is 2. The number of carbonyl (C=O) groups excluding carboxylic acids is 1. The number of rotatable bonds is 6. The van der Waals surface area contributed by atoms with Gasteiger partial charge in [-0.2, -0.15) is 0 Å². The van der Waals surface area contributed by atoms with Crippen LogP contribution in [-0.4, -0.2) is 33.0 Å². The second-order valence-corrected chi connectivity index (χ2v) is 10.2. The van der Waals surface area contributed by atoms with Crippen molar-refractivity contribution in [2.24, 2.45) is 0 Å². The van der Waals surface area contributed by atoms with Crippen LogP contribution in [-0.2, 0) is 16.4 Å². The Bertz CT molecular complexity index is 1240. The Labute approximate surface area is 185 Å². The number of benzene rings is 2. The highest BCUT2D eigenvalue weighted by Crippen LogP contribution is 2.34. The summed E-state index contributed by atoms with van der Waals surface area (Å²) in [7, 11) is -2.39. The fourth-order valence-corrected chi connectivity index (χ4v) is 5.88. The molecule has 0 atom stereocenters. The van der Waals surface area contributed by atoms with Gasteiger partial charge in [-0.25, -0.2) is 13.4 Å². The molecule has 2 aromatic carbocycles. The first-order chi connectivity index (χ1) is 14.8. The minimum absolute atomic E-state index is 0.0390. The molecule has 1 aromatic heterocycles. The highest BCUT2D eigenvalue weighted by atomic mass is 32.2. The largest absolute Gasteiger partial charge is 0.496 e. The van der Waals surface area contributed by atoms with E-state index in [1.807, 2.05) is 37.4 Å². The third-order valence-electron chi connectivity index (χ3n) is 5.18. The smallest absolute Gasteiger partial charge is 0.264 e. The average Bonchev–Trinajstić information content (AvgIpc) is 3.40. The first kappa shape index (κ1) is 21.3. The Morgan fingerprint density at radius 2 is 2.00 bits per heavy atom. The number of fused-ring (bicyclic) bond motifs is 1. The van der Waals surface area contributed by atoms with E-state index in [1.165, 1.54) is 41.0 Å². The van der Waals surface area contributed by atoms with Crippen molar-refractivity contribution in [3.63, 3.8) is 0 Å². The summed E-state index contributed by atoms with van der Waals surface area (Å²) in [6.45, 7) is 4.41. The zero-order chi connectivity index (χ0) is 22.2. The Hall–Kier alpha value is -2.91. The predicted molar refractivity (Wildman–Crippen MR) is 122 cm³/mol. The number of ether oxygens (including phenoxy) is 1. The van der Waals surface area contributed by atoms with Crippen molar-refractivity contribution in [1.29, 1.82) is 0 Å². The van der Waals surface area contributed by atoms with Crippen LogP contribution in [0.1, 0.15) is 41.4 Å². The van der Waals surface area contributed by atoms with Crippen LogP contribution in [0.5, 0.6) is 5.75 Å². The zero-order valence-electron chi connectivity index (χ0n) is 17.5. The third kappa shape index (κ3) is 4.03. The van der Waals surface area contributed by atoms with E-state index in [-0.39, 0.29) is 16.4 Å². The number of amides is 1. The molecule has 0 saturated carbocycles. The van der Waals surface area contributed by atoms with Gasteiger partial charge in [0.15, 0.2) is 5.13 Å². The molecular weight excluding hydrogens is 434 g/mol. The van der Waals surface area contributed by atoms with E-state index >= 15 is 0 Å². The highest BCUT2D eigenvalue weighted by Gasteiger charge is 2.31. The molecule has 1 amide bonds. The fourth-order valence-electron chi connectivity index (χ4n) is 3.48. The standard InChI is InChI=1S/C22H23N3O4S2/c1-14(2)18-13-30-22(23-18)24-21(26)17-12-16(8-9-20(17)29-3)31(27,28)25-11-10-15-6-4-5-7-19(15)25/h4-9,12-14H,10-11H2,1-3H3,(H,23,24,26). The molecule has 9 heteroatoms. The number of hydrogen-bond acceptors (Lipinski definition) is 6. The monoisotopic (exact) mass is 457 g/mol. The van der Waals surface area contributed by atoms with E-state index < -0.39 is 15.9 Å². The van der Waals surface area contributed by atoms with E-state index in [4.69, 9.17) is 4.74 Å². The quantitative estimate of drug-likeness (QED) is 0.597. The predicted octanol–water partition coefficient (Wildman–Crippen LogP) is 4.28. The molecule has 162 valence electrons. The molecule has 1 aliphatic rings. The number of carbonyl (C=O) groups is 1. The van der Waals surface area contributed by atoms with Crippen molar-refractivity contribution in [2.75, 3.05) is 23.3 Å². The first-order valence-electron chi connectivity index (χ1n) is 9.86. The lowest BCUT2D eigenvalue weighted by molar-refractivity contribution is 0.102. The first-order valence-corrected chi connectivity index (χ1v) is 12.2. The summed E-state index contributed by atoms with van der Waals surface area (Å²) >= 11 is 1.33. The van der Waals surface area contributed by atoms with Crippen LogP contribution in [0.3, 0.4) is 0 Å². The number of thiazole rings is 1. The molecule has 0 unspecified atom stereocenters. The number of para-hydroxylation sites is 1. The van der Waals surface area contributed by atoms with E-state index in [9.17, 15) is 13.2 Å². The molecule has 31 heavy (non-hydrogen) atoms. The molecule has 0 bridgehead atoms. The summed E-state index contributed by atoms with van der Waals surface area (Å²) in [4.78, 5) is 17.4. The van der Waals surface area contributed by atoms with E-state index in [0.717, 1.165) is 11.3 Å². The molecular formula is C22H23N3O4S2. The maximum absolute atomic E-state index is 13.4. The van der Waals surface area contributed by atoms with Crippen LogP contribution in [0.15, 0.2) is 52.7 Å². The molecule has 0 saturated heterocycles. The molecule has 0 radical (unpaired) electrons. The summed E-state index contributed by atoms with van der Waals surface area (Å²) < 4.78 is 33.4. The third-order valence-corrected chi connectivity index (χ3v) is 7.77. The Morgan fingerprint density at radius 1 is 1.23 bits per heavy atom. The Balaban J connectivity index is 1.66. The molecule has 0 aliphatic carbocycles. The molecule has 0 fully saturated rings. The molecule has 1 aliphatic heterocycles. The topological polar surface area (TPSA) is 88.6 Å². The number of aromatic nitrogens is 1. The van der Waals surface area contributed by atoms with Gasteiger partial charge in [0.25, 0.3) is 15.9 Å². The van der Waals surface area contributed by atoms with Crippen molar-refractivity contribution in [1.82, 2.24) is 4.98 Å². The minimum Gasteiger partial charge on any atom is -0.496 e. The molecule has 0 spiro atoms. The fraction of sp³-hybridized carbons (Fsp3) is 0.273. The van der Waals surface area contributed by atoms with Gasteiger partial charge < -0.3 is 4.74 Å². The van der Waals surface area contributed by atoms with Crippen molar-refractivity contribution in [3.05, 3.63) is 64.7 Å². The maximum Gasteiger partial charge on any atom is 0.264 e. The van der Waals surface area contributed by atoms with Crippen molar-refractivity contribution in [3.8, 4) is 5.75 Å². The van der Waals surface area contributed by atoms with Gasteiger partial charge in [0.2, 0.25) is 0 Å². The number of hydrogen-bond donors (Lipinski definition) is 1. The Kier molecular flexibility index (Phi) is 5.72. The summed E-state index contributed by atoms with van der Waals surface area (Å²) in [5, 5.41) is 5.10. The minimum atomic E-state index is -3.83. The summed E-state index contributed by atoms with van der Waals surface area (Å²) in [5.41, 5.74) is 2.68. The van der Waals surface area contributed by atoms with Gasteiger partial charge >= 0.3 is 0 Å². The molecule has 4 rings (SSSR count). The highest BCUT2D eigenvalue weighted by molar-refractivity contribution is 7.92. The lowest BCUT2D eigenvalue weighted by atomic mass is 10.2.